The number of aromatic nitrogens is 1. The van der Waals surface area contributed by atoms with Gasteiger partial charge >= 0.3 is 0 Å². The Morgan fingerprint density at radius 3 is 2.48 bits per heavy atom. The van der Waals surface area contributed by atoms with Gasteiger partial charge in [0.25, 0.3) is 5.91 Å². The molecule has 0 radical (unpaired) electrons. The lowest BCUT2D eigenvalue weighted by molar-refractivity contribution is 0.0951. The summed E-state index contributed by atoms with van der Waals surface area (Å²) in [4.78, 5) is 12.8. The van der Waals surface area contributed by atoms with Gasteiger partial charge in [-0.25, -0.2) is 12.8 Å². The van der Waals surface area contributed by atoms with Gasteiger partial charge in [0, 0.05) is 36.8 Å². The van der Waals surface area contributed by atoms with Crippen molar-refractivity contribution >= 4 is 21.6 Å². The van der Waals surface area contributed by atoms with Gasteiger partial charge in [-0.1, -0.05) is 17.3 Å². The molecule has 0 fully saturated rings. The summed E-state index contributed by atoms with van der Waals surface area (Å²) in [5.41, 5.74) is 8.05. The Kier molecular flexibility index (Phi) is 6.42. The first-order valence-electron chi connectivity index (χ1n) is 9.39. The molecular weight excluding hydrogens is 423 g/mol. The van der Waals surface area contributed by atoms with Crippen molar-refractivity contribution in [3.63, 3.8) is 0 Å². The fourth-order valence-corrected chi connectivity index (χ4v) is 3.27. The van der Waals surface area contributed by atoms with Gasteiger partial charge in [0.05, 0.1) is 11.9 Å². The molecule has 2 aromatic carbocycles. The summed E-state index contributed by atoms with van der Waals surface area (Å²) in [5, 5.41) is 6.66. The molecule has 1 heterocycles. The van der Waals surface area contributed by atoms with Crippen LogP contribution in [-0.4, -0.2) is 32.8 Å². The smallest absolute Gasteiger partial charge is 0.251 e. The Morgan fingerprint density at radius 1 is 1.23 bits per heavy atom. The second kappa shape index (κ2) is 8.86. The summed E-state index contributed by atoms with van der Waals surface area (Å²) in [6, 6.07) is 11.7. The molecule has 164 valence electrons. The highest BCUT2D eigenvalue weighted by Gasteiger charge is 2.19. The van der Waals surface area contributed by atoms with Gasteiger partial charge in [-0.05, 0) is 42.8 Å². The average molecular weight is 447 g/mol. The molecule has 3 aromatic rings. The molecule has 31 heavy (non-hydrogen) atoms. The number of hydrogen-bond acceptors (Lipinski definition) is 6. The molecular formula is C21H23FN4O4S. The van der Waals surface area contributed by atoms with Gasteiger partial charge in [-0.2, -0.15) is 0 Å². The number of halogens is 1. The van der Waals surface area contributed by atoms with Crippen LogP contribution in [0, 0.1) is 5.82 Å². The van der Waals surface area contributed by atoms with Crippen molar-refractivity contribution < 1.29 is 22.1 Å². The summed E-state index contributed by atoms with van der Waals surface area (Å²) in [7, 11) is -2.17. The van der Waals surface area contributed by atoms with Gasteiger partial charge in [0.1, 0.15) is 11.5 Å². The molecule has 3 rings (SSSR count). The highest BCUT2D eigenvalue weighted by atomic mass is 32.2. The molecule has 1 amide bonds. The summed E-state index contributed by atoms with van der Waals surface area (Å²) < 4.78 is 43.5. The molecule has 0 aliphatic heterocycles. The van der Waals surface area contributed by atoms with Crippen molar-refractivity contribution in [1.82, 2.24) is 10.5 Å². The molecule has 0 aliphatic carbocycles. The van der Waals surface area contributed by atoms with Crippen LogP contribution in [0.1, 0.15) is 34.6 Å². The van der Waals surface area contributed by atoms with E-state index in [0.717, 1.165) is 16.1 Å². The Morgan fingerprint density at radius 2 is 1.90 bits per heavy atom. The van der Waals surface area contributed by atoms with Crippen molar-refractivity contribution in [3.05, 3.63) is 71.2 Å². The van der Waals surface area contributed by atoms with Crippen LogP contribution in [0.4, 0.5) is 10.1 Å². The molecule has 0 bridgehead atoms. The number of benzene rings is 2. The van der Waals surface area contributed by atoms with Gasteiger partial charge in [-0.15, -0.1) is 0 Å². The maximum Gasteiger partial charge on any atom is 0.251 e. The minimum atomic E-state index is -3.56. The number of sulfonamides is 1. The number of amides is 1. The number of carbonyl (C=O) groups is 1. The normalized spacial score (nSPS) is 12.4. The van der Waals surface area contributed by atoms with E-state index >= 15 is 0 Å². The number of anilines is 1. The Labute approximate surface area is 179 Å². The zero-order chi connectivity index (χ0) is 22.8. The van der Waals surface area contributed by atoms with E-state index in [-0.39, 0.29) is 29.7 Å². The number of carbonyl (C=O) groups excluding carboxylic acids is 1. The largest absolute Gasteiger partial charge is 0.356 e. The van der Waals surface area contributed by atoms with E-state index in [9.17, 15) is 17.6 Å². The molecule has 1 atom stereocenters. The Bertz CT molecular complexity index is 1190. The zero-order valence-electron chi connectivity index (χ0n) is 17.3. The van der Waals surface area contributed by atoms with E-state index < -0.39 is 15.9 Å². The SMILES string of the molecule is CC(N)c1cc(-c2cc(C(=O)NCc3ccc(F)cc3)cc(N(C)S(C)(=O)=O)c2)on1. The third kappa shape index (κ3) is 5.47. The lowest BCUT2D eigenvalue weighted by Gasteiger charge is -2.18. The molecule has 1 unspecified atom stereocenters. The van der Waals surface area contributed by atoms with E-state index in [1.807, 2.05) is 0 Å². The molecule has 3 N–H and O–H groups in total. The van der Waals surface area contributed by atoms with E-state index in [2.05, 4.69) is 10.5 Å². The molecule has 0 spiro atoms. The highest BCUT2D eigenvalue weighted by Crippen LogP contribution is 2.29. The summed E-state index contributed by atoms with van der Waals surface area (Å²) >= 11 is 0. The average Bonchev–Trinajstić information content (AvgIpc) is 3.22. The Hall–Kier alpha value is -3.24. The first-order chi connectivity index (χ1) is 14.5. The predicted octanol–water partition coefficient (Wildman–Crippen LogP) is 2.83. The molecule has 0 saturated carbocycles. The summed E-state index contributed by atoms with van der Waals surface area (Å²) in [6.07, 6.45) is 1.07. The van der Waals surface area contributed by atoms with Gasteiger partial charge in [0.2, 0.25) is 10.0 Å². The molecule has 1 aromatic heterocycles. The lowest BCUT2D eigenvalue weighted by atomic mass is 10.1. The second-order valence-electron chi connectivity index (χ2n) is 7.21. The molecule has 0 aliphatic rings. The third-order valence-electron chi connectivity index (χ3n) is 4.69. The summed E-state index contributed by atoms with van der Waals surface area (Å²) in [5.74, 6) is -0.445. The van der Waals surface area contributed by atoms with Crippen LogP contribution in [0.2, 0.25) is 0 Å². The highest BCUT2D eigenvalue weighted by molar-refractivity contribution is 7.92. The minimum absolute atomic E-state index is 0.178. The predicted molar refractivity (Wildman–Crippen MR) is 115 cm³/mol. The van der Waals surface area contributed by atoms with Crippen LogP contribution < -0.4 is 15.4 Å². The third-order valence-corrected chi connectivity index (χ3v) is 5.89. The van der Waals surface area contributed by atoms with Crippen molar-refractivity contribution in [2.75, 3.05) is 17.6 Å². The topological polar surface area (TPSA) is 119 Å². The van der Waals surface area contributed by atoms with Crippen LogP contribution in [-0.2, 0) is 16.6 Å². The zero-order valence-corrected chi connectivity index (χ0v) is 18.1. The molecule has 8 nitrogen and oxygen atoms in total. The van der Waals surface area contributed by atoms with Crippen LogP contribution in [0.25, 0.3) is 11.3 Å². The minimum Gasteiger partial charge on any atom is -0.356 e. The number of nitrogens with one attached hydrogen (secondary N) is 1. The van der Waals surface area contributed by atoms with Crippen LogP contribution in [0.15, 0.2) is 53.1 Å². The van der Waals surface area contributed by atoms with Crippen molar-refractivity contribution in [2.45, 2.75) is 19.5 Å². The van der Waals surface area contributed by atoms with Gasteiger partial charge in [-0.3, -0.25) is 9.10 Å². The van der Waals surface area contributed by atoms with Crippen molar-refractivity contribution in [2.24, 2.45) is 5.73 Å². The second-order valence-corrected chi connectivity index (χ2v) is 9.23. The van der Waals surface area contributed by atoms with Gasteiger partial charge < -0.3 is 15.6 Å². The van der Waals surface area contributed by atoms with Crippen LogP contribution in [0.3, 0.4) is 0 Å². The number of nitrogens with two attached hydrogens (primary N) is 1. The maximum atomic E-state index is 13.1. The van der Waals surface area contributed by atoms with Crippen molar-refractivity contribution in [1.29, 1.82) is 0 Å². The van der Waals surface area contributed by atoms with E-state index in [4.69, 9.17) is 10.3 Å². The molecule has 0 saturated heterocycles. The first kappa shape index (κ1) is 22.4. The maximum absolute atomic E-state index is 13.1. The summed E-state index contributed by atoms with van der Waals surface area (Å²) in [6.45, 7) is 1.93. The fraction of sp³-hybridized carbons (Fsp3) is 0.238. The molecule has 10 heteroatoms. The van der Waals surface area contributed by atoms with Crippen LogP contribution >= 0.6 is 0 Å². The van der Waals surface area contributed by atoms with Gasteiger partial charge in [0.15, 0.2) is 5.76 Å². The number of hydrogen-bond donors (Lipinski definition) is 2. The standard InChI is InChI=1S/C21H23FN4O4S/c1-13(23)19-11-20(30-25-19)15-8-16(10-18(9-15)26(2)31(3,28)29)21(27)24-12-14-4-6-17(22)7-5-14/h4-11,13H,12,23H2,1-3H3,(H,24,27). The monoisotopic (exact) mass is 446 g/mol. The fourth-order valence-electron chi connectivity index (χ4n) is 2.78. The number of nitrogens with zero attached hydrogens (tertiary/aromatic N) is 2. The van der Waals surface area contributed by atoms with E-state index in [1.54, 1.807) is 37.3 Å². The van der Waals surface area contributed by atoms with Crippen molar-refractivity contribution in [3.8, 4) is 11.3 Å². The van der Waals surface area contributed by atoms with Crippen LogP contribution in [0.5, 0.6) is 0 Å². The van der Waals surface area contributed by atoms with E-state index in [1.165, 1.54) is 25.2 Å². The number of rotatable bonds is 7. The lowest BCUT2D eigenvalue weighted by Crippen LogP contribution is -2.26. The first-order valence-corrected chi connectivity index (χ1v) is 11.2. The van der Waals surface area contributed by atoms with E-state index in [0.29, 0.717) is 17.0 Å². The quantitative estimate of drug-likeness (QED) is 0.576. The Balaban J connectivity index is 1.95.